The van der Waals surface area contributed by atoms with Crippen LogP contribution >= 0.6 is 0 Å². The first kappa shape index (κ1) is 13.5. The number of aryl methyl sites for hydroxylation is 1. The molecule has 4 heteroatoms. The number of ether oxygens (including phenoxy) is 1. The molecule has 2 atom stereocenters. The molecule has 1 aliphatic rings. The van der Waals surface area contributed by atoms with Crippen molar-refractivity contribution in [3.05, 3.63) is 75.7 Å². The standard InChI is InChI=1S/C17H17N3O/c1-21-14-7-4-6-13(11-14)16-10-9-12-5-2-3-8-15(12)17(16)19-20-18/h2-8,11,16-17H,9-10H2,1H3/t16-,17+/m1/s1. The molecule has 0 unspecified atom stereocenters. The maximum atomic E-state index is 8.94. The summed E-state index contributed by atoms with van der Waals surface area (Å²) in [6.07, 6.45) is 1.99. The van der Waals surface area contributed by atoms with Crippen LogP contribution in [-0.2, 0) is 6.42 Å². The normalized spacial score (nSPS) is 20.2. The highest BCUT2D eigenvalue weighted by Gasteiger charge is 2.29. The molecule has 0 N–H and O–H groups in total. The highest BCUT2D eigenvalue weighted by atomic mass is 16.5. The molecule has 0 aromatic heterocycles. The summed E-state index contributed by atoms with van der Waals surface area (Å²) in [5.74, 6) is 1.04. The molecule has 1 aliphatic carbocycles. The van der Waals surface area contributed by atoms with Crippen LogP contribution in [0.2, 0.25) is 0 Å². The van der Waals surface area contributed by atoms with Crippen molar-refractivity contribution >= 4 is 0 Å². The van der Waals surface area contributed by atoms with Crippen molar-refractivity contribution in [2.75, 3.05) is 7.11 Å². The van der Waals surface area contributed by atoms with E-state index in [2.05, 4.69) is 28.2 Å². The average molecular weight is 279 g/mol. The molecule has 0 spiro atoms. The van der Waals surface area contributed by atoms with Crippen molar-refractivity contribution < 1.29 is 4.74 Å². The second kappa shape index (κ2) is 5.90. The molecule has 2 aromatic carbocycles. The summed E-state index contributed by atoms with van der Waals surface area (Å²) in [5, 5.41) is 4.08. The summed E-state index contributed by atoms with van der Waals surface area (Å²) >= 11 is 0. The van der Waals surface area contributed by atoms with Crippen molar-refractivity contribution in [1.82, 2.24) is 0 Å². The highest BCUT2D eigenvalue weighted by Crippen LogP contribution is 2.43. The van der Waals surface area contributed by atoms with Gasteiger partial charge in [0.25, 0.3) is 0 Å². The monoisotopic (exact) mass is 279 g/mol. The molecule has 0 saturated heterocycles. The van der Waals surface area contributed by atoms with Crippen LogP contribution in [0.4, 0.5) is 0 Å². The lowest BCUT2D eigenvalue weighted by Gasteiger charge is -2.31. The molecule has 2 aromatic rings. The van der Waals surface area contributed by atoms with E-state index in [0.717, 1.165) is 24.2 Å². The molecule has 0 aliphatic heterocycles. The van der Waals surface area contributed by atoms with Crippen molar-refractivity contribution in [1.29, 1.82) is 0 Å². The minimum Gasteiger partial charge on any atom is -0.497 e. The van der Waals surface area contributed by atoms with E-state index in [1.54, 1.807) is 7.11 Å². The fourth-order valence-corrected chi connectivity index (χ4v) is 3.16. The average Bonchev–Trinajstić information content (AvgIpc) is 2.55. The first-order valence-electron chi connectivity index (χ1n) is 7.09. The van der Waals surface area contributed by atoms with E-state index >= 15 is 0 Å². The summed E-state index contributed by atoms with van der Waals surface area (Å²) in [6, 6.07) is 16.1. The Morgan fingerprint density at radius 1 is 1.19 bits per heavy atom. The third kappa shape index (κ3) is 2.58. The SMILES string of the molecule is COc1cccc([C@H]2CCc3ccccc3[C@@H]2N=[N+]=[N-])c1. The molecule has 0 heterocycles. The number of hydrogen-bond donors (Lipinski definition) is 0. The van der Waals surface area contributed by atoms with Gasteiger partial charge in [-0.2, -0.15) is 0 Å². The zero-order chi connectivity index (χ0) is 14.7. The lowest BCUT2D eigenvalue weighted by Crippen LogP contribution is -2.17. The third-order valence-electron chi connectivity index (χ3n) is 4.18. The van der Waals surface area contributed by atoms with E-state index in [1.165, 1.54) is 11.1 Å². The molecule has 106 valence electrons. The van der Waals surface area contributed by atoms with E-state index in [9.17, 15) is 0 Å². The summed E-state index contributed by atoms with van der Waals surface area (Å²) in [6.45, 7) is 0. The quantitative estimate of drug-likeness (QED) is 0.453. The van der Waals surface area contributed by atoms with E-state index in [0.29, 0.717) is 0 Å². The first-order chi connectivity index (χ1) is 10.3. The maximum Gasteiger partial charge on any atom is 0.119 e. The van der Waals surface area contributed by atoms with Crippen LogP contribution in [0.15, 0.2) is 53.6 Å². The van der Waals surface area contributed by atoms with Gasteiger partial charge in [0.1, 0.15) is 5.75 Å². The van der Waals surface area contributed by atoms with Crippen LogP contribution in [0.1, 0.15) is 35.1 Å². The van der Waals surface area contributed by atoms with Gasteiger partial charge in [0.15, 0.2) is 0 Å². The number of methoxy groups -OCH3 is 1. The molecular weight excluding hydrogens is 262 g/mol. The molecule has 21 heavy (non-hydrogen) atoms. The first-order valence-corrected chi connectivity index (χ1v) is 7.09. The van der Waals surface area contributed by atoms with Gasteiger partial charge in [0.2, 0.25) is 0 Å². The Kier molecular flexibility index (Phi) is 3.80. The van der Waals surface area contributed by atoms with Gasteiger partial charge in [-0.15, -0.1) is 0 Å². The Morgan fingerprint density at radius 2 is 2.05 bits per heavy atom. The highest BCUT2D eigenvalue weighted by molar-refractivity contribution is 5.39. The molecule has 0 amide bonds. The van der Waals surface area contributed by atoms with Crippen molar-refractivity contribution in [2.45, 2.75) is 24.8 Å². The lowest BCUT2D eigenvalue weighted by molar-refractivity contribution is 0.412. The Labute approximate surface area is 124 Å². The van der Waals surface area contributed by atoms with Gasteiger partial charge in [0, 0.05) is 4.91 Å². The molecular formula is C17H17N3O. The summed E-state index contributed by atoms with van der Waals surface area (Å²) < 4.78 is 5.31. The molecule has 0 radical (unpaired) electrons. The van der Waals surface area contributed by atoms with Crippen LogP contribution in [-0.4, -0.2) is 7.11 Å². The summed E-state index contributed by atoms with van der Waals surface area (Å²) in [7, 11) is 1.67. The van der Waals surface area contributed by atoms with Gasteiger partial charge in [0.05, 0.1) is 13.2 Å². The second-order valence-electron chi connectivity index (χ2n) is 5.27. The third-order valence-corrected chi connectivity index (χ3v) is 4.18. The number of nitrogens with zero attached hydrogens (tertiary/aromatic N) is 3. The lowest BCUT2D eigenvalue weighted by atomic mass is 9.76. The summed E-state index contributed by atoms with van der Waals surface area (Å²) in [4.78, 5) is 3.07. The number of rotatable bonds is 3. The largest absolute Gasteiger partial charge is 0.497 e. The Balaban J connectivity index is 2.04. The molecule has 4 nitrogen and oxygen atoms in total. The van der Waals surface area contributed by atoms with Crippen LogP contribution in [0.25, 0.3) is 10.4 Å². The Hall–Kier alpha value is -2.45. The van der Waals surface area contributed by atoms with Gasteiger partial charge < -0.3 is 4.74 Å². The zero-order valence-electron chi connectivity index (χ0n) is 11.9. The van der Waals surface area contributed by atoms with Crippen LogP contribution in [0.5, 0.6) is 5.75 Å². The van der Waals surface area contributed by atoms with Crippen molar-refractivity contribution in [3.63, 3.8) is 0 Å². The molecule has 0 bridgehead atoms. The van der Waals surface area contributed by atoms with E-state index < -0.39 is 0 Å². The molecule has 0 saturated carbocycles. The topological polar surface area (TPSA) is 58.0 Å². The van der Waals surface area contributed by atoms with E-state index in [1.807, 2.05) is 30.3 Å². The zero-order valence-corrected chi connectivity index (χ0v) is 11.9. The van der Waals surface area contributed by atoms with Gasteiger partial charge in [-0.25, -0.2) is 0 Å². The Morgan fingerprint density at radius 3 is 2.86 bits per heavy atom. The minimum absolute atomic E-state index is 0.146. The van der Waals surface area contributed by atoms with Crippen molar-refractivity contribution in [3.8, 4) is 5.75 Å². The second-order valence-corrected chi connectivity index (χ2v) is 5.27. The molecule has 0 fully saturated rings. The minimum atomic E-state index is -0.146. The molecule has 3 rings (SSSR count). The van der Waals surface area contributed by atoms with E-state index in [4.69, 9.17) is 10.3 Å². The number of benzene rings is 2. The van der Waals surface area contributed by atoms with Gasteiger partial charge in [-0.3, -0.25) is 0 Å². The Bertz CT molecular complexity index is 692. The predicted octanol–water partition coefficient (Wildman–Crippen LogP) is 4.78. The summed E-state index contributed by atoms with van der Waals surface area (Å²) in [5.41, 5.74) is 12.5. The maximum absolute atomic E-state index is 8.94. The fraction of sp³-hybridized carbons (Fsp3) is 0.294. The van der Waals surface area contributed by atoms with E-state index in [-0.39, 0.29) is 12.0 Å². The van der Waals surface area contributed by atoms with Crippen LogP contribution in [0.3, 0.4) is 0 Å². The van der Waals surface area contributed by atoms with Crippen molar-refractivity contribution in [2.24, 2.45) is 5.11 Å². The van der Waals surface area contributed by atoms with Crippen LogP contribution < -0.4 is 4.74 Å². The smallest absolute Gasteiger partial charge is 0.119 e. The number of fused-ring (bicyclic) bond motifs is 1. The number of hydrogen-bond acceptors (Lipinski definition) is 2. The fourth-order valence-electron chi connectivity index (χ4n) is 3.16. The predicted molar refractivity (Wildman–Crippen MR) is 82.4 cm³/mol. The van der Waals surface area contributed by atoms with Gasteiger partial charge in [-0.1, -0.05) is 41.5 Å². The van der Waals surface area contributed by atoms with Gasteiger partial charge >= 0.3 is 0 Å². The van der Waals surface area contributed by atoms with Gasteiger partial charge in [-0.05, 0) is 53.1 Å². The van der Waals surface area contributed by atoms with Crippen LogP contribution in [0, 0.1) is 0 Å². The number of azide groups is 1.